The van der Waals surface area contributed by atoms with E-state index < -0.39 is 11.7 Å². The number of benzene rings is 1. The van der Waals surface area contributed by atoms with E-state index in [1.54, 1.807) is 0 Å². The highest BCUT2D eigenvalue weighted by atomic mass is 19.4. The molecule has 116 valence electrons. The first-order valence-corrected chi connectivity index (χ1v) is 6.62. The van der Waals surface area contributed by atoms with Crippen molar-refractivity contribution in [2.24, 2.45) is 0 Å². The minimum atomic E-state index is -4.38. The molecule has 1 aromatic rings. The van der Waals surface area contributed by atoms with Crippen molar-refractivity contribution in [3.63, 3.8) is 0 Å². The van der Waals surface area contributed by atoms with Gasteiger partial charge in [0.05, 0.1) is 18.2 Å². The highest BCUT2D eigenvalue weighted by Crippen LogP contribution is 2.30. The van der Waals surface area contributed by atoms with Crippen LogP contribution < -0.4 is 10.1 Å². The van der Waals surface area contributed by atoms with Crippen LogP contribution in [0, 0.1) is 0 Å². The molecule has 0 saturated carbocycles. The zero-order valence-corrected chi connectivity index (χ0v) is 11.3. The van der Waals surface area contributed by atoms with Crippen LogP contribution in [-0.2, 0) is 15.7 Å². The number of carbonyl (C=O) groups is 1. The van der Waals surface area contributed by atoms with Gasteiger partial charge < -0.3 is 14.8 Å². The average molecular weight is 303 g/mol. The number of carbonyl (C=O) groups excluding carboxylic acids is 1. The van der Waals surface area contributed by atoms with E-state index in [-0.39, 0.29) is 24.3 Å². The van der Waals surface area contributed by atoms with Gasteiger partial charge in [0.15, 0.2) is 6.61 Å². The van der Waals surface area contributed by atoms with E-state index in [1.165, 1.54) is 12.1 Å². The topological polar surface area (TPSA) is 47.6 Å². The summed E-state index contributed by atoms with van der Waals surface area (Å²) in [5, 5.41) is 2.76. The number of halogens is 3. The van der Waals surface area contributed by atoms with Crippen LogP contribution in [0.25, 0.3) is 0 Å². The monoisotopic (exact) mass is 303 g/mol. The second-order valence-corrected chi connectivity index (χ2v) is 4.79. The zero-order valence-electron chi connectivity index (χ0n) is 11.3. The molecule has 1 amide bonds. The maximum absolute atomic E-state index is 12.4. The minimum absolute atomic E-state index is 0.0255. The van der Waals surface area contributed by atoms with Crippen LogP contribution in [-0.4, -0.2) is 31.8 Å². The lowest BCUT2D eigenvalue weighted by molar-refractivity contribution is -0.137. The summed E-state index contributed by atoms with van der Waals surface area (Å²) in [5.41, 5.74) is -0.751. The number of nitrogens with one attached hydrogen (secondary N) is 1. The van der Waals surface area contributed by atoms with Crippen LogP contribution in [0.1, 0.15) is 18.4 Å². The van der Waals surface area contributed by atoms with Gasteiger partial charge in [-0.15, -0.1) is 0 Å². The Morgan fingerprint density at radius 3 is 2.62 bits per heavy atom. The first-order valence-electron chi connectivity index (χ1n) is 6.62. The van der Waals surface area contributed by atoms with Crippen molar-refractivity contribution in [1.82, 2.24) is 5.32 Å². The van der Waals surface area contributed by atoms with Gasteiger partial charge in [-0.1, -0.05) is 0 Å². The summed E-state index contributed by atoms with van der Waals surface area (Å²) in [7, 11) is 0. The lowest BCUT2D eigenvalue weighted by Gasteiger charge is -2.23. The fourth-order valence-electron chi connectivity index (χ4n) is 2.01. The molecular weight excluding hydrogens is 287 g/mol. The first kappa shape index (κ1) is 15.6. The number of hydrogen-bond acceptors (Lipinski definition) is 3. The maximum atomic E-state index is 12.4. The molecule has 7 heteroatoms. The third kappa shape index (κ3) is 4.93. The van der Waals surface area contributed by atoms with Gasteiger partial charge in [0.2, 0.25) is 0 Å². The van der Waals surface area contributed by atoms with Crippen molar-refractivity contribution in [1.29, 1.82) is 0 Å². The van der Waals surface area contributed by atoms with Gasteiger partial charge in [0.25, 0.3) is 5.91 Å². The Hall–Kier alpha value is -1.76. The number of rotatable bonds is 4. The Balaban J connectivity index is 1.78. The Labute approximate surface area is 120 Å². The molecule has 0 bridgehead atoms. The molecule has 2 rings (SSSR count). The van der Waals surface area contributed by atoms with Gasteiger partial charge in [-0.25, -0.2) is 0 Å². The van der Waals surface area contributed by atoms with E-state index >= 15 is 0 Å². The van der Waals surface area contributed by atoms with Gasteiger partial charge in [-0.2, -0.15) is 13.2 Å². The van der Waals surface area contributed by atoms with E-state index in [9.17, 15) is 18.0 Å². The van der Waals surface area contributed by atoms with E-state index in [0.29, 0.717) is 13.2 Å². The smallest absolute Gasteiger partial charge is 0.416 e. The highest BCUT2D eigenvalue weighted by molar-refractivity contribution is 5.77. The fourth-order valence-corrected chi connectivity index (χ4v) is 2.01. The lowest BCUT2D eigenvalue weighted by Crippen LogP contribution is -2.42. The summed E-state index contributed by atoms with van der Waals surface area (Å²) >= 11 is 0. The maximum Gasteiger partial charge on any atom is 0.416 e. The summed E-state index contributed by atoms with van der Waals surface area (Å²) in [6.07, 6.45) is -2.63. The van der Waals surface area contributed by atoms with Crippen LogP contribution in [0.2, 0.25) is 0 Å². The summed E-state index contributed by atoms with van der Waals surface area (Å²) in [5.74, 6) is -0.0940. The summed E-state index contributed by atoms with van der Waals surface area (Å²) < 4.78 is 47.5. The van der Waals surface area contributed by atoms with Crippen molar-refractivity contribution in [2.45, 2.75) is 25.1 Å². The predicted molar refractivity (Wildman–Crippen MR) is 68.9 cm³/mol. The molecule has 21 heavy (non-hydrogen) atoms. The van der Waals surface area contributed by atoms with E-state index in [0.717, 1.165) is 25.0 Å². The van der Waals surface area contributed by atoms with Crippen molar-refractivity contribution in [2.75, 3.05) is 19.8 Å². The normalized spacial score (nSPS) is 19.1. The Morgan fingerprint density at radius 2 is 2.05 bits per heavy atom. The summed E-state index contributed by atoms with van der Waals surface area (Å²) in [6, 6.07) is 4.20. The number of ether oxygens (including phenoxy) is 2. The highest BCUT2D eigenvalue weighted by Gasteiger charge is 2.30. The molecule has 0 spiro atoms. The third-order valence-electron chi connectivity index (χ3n) is 3.08. The summed E-state index contributed by atoms with van der Waals surface area (Å²) in [6.45, 7) is 0.947. The standard InChI is InChI=1S/C14H16F3NO3/c15-14(16,17)10-3-5-12(6-4-10)21-9-13(19)18-11-2-1-7-20-8-11/h3-6,11H,1-2,7-9H2,(H,18,19). The van der Waals surface area contributed by atoms with E-state index in [2.05, 4.69) is 5.32 Å². The van der Waals surface area contributed by atoms with Gasteiger partial charge in [-0.3, -0.25) is 4.79 Å². The molecular formula is C14H16F3NO3. The first-order chi connectivity index (χ1) is 9.95. The van der Waals surface area contributed by atoms with Crippen LogP contribution in [0.4, 0.5) is 13.2 Å². The van der Waals surface area contributed by atoms with Crippen LogP contribution in [0.15, 0.2) is 24.3 Å². The molecule has 0 aliphatic carbocycles. The van der Waals surface area contributed by atoms with Gasteiger partial charge in [0, 0.05) is 6.61 Å². The fraction of sp³-hybridized carbons (Fsp3) is 0.500. The van der Waals surface area contributed by atoms with Gasteiger partial charge in [-0.05, 0) is 37.1 Å². The molecule has 1 aliphatic heterocycles. The Kier molecular flexibility index (Phi) is 5.06. The Morgan fingerprint density at radius 1 is 1.33 bits per heavy atom. The van der Waals surface area contributed by atoms with Gasteiger partial charge in [0.1, 0.15) is 5.75 Å². The second kappa shape index (κ2) is 6.80. The number of amides is 1. The van der Waals surface area contributed by atoms with Crippen LogP contribution in [0.3, 0.4) is 0 Å². The molecule has 1 saturated heterocycles. The van der Waals surface area contributed by atoms with Crippen molar-refractivity contribution < 1.29 is 27.4 Å². The largest absolute Gasteiger partial charge is 0.484 e. The van der Waals surface area contributed by atoms with Crippen molar-refractivity contribution in [3.05, 3.63) is 29.8 Å². The quantitative estimate of drug-likeness (QED) is 0.929. The molecule has 1 N–H and O–H groups in total. The average Bonchev–Trinajstić information content (AvgIpc) is 2.46. The molecule has 1 heterocycles. The Bertz CT molecular complexity index is 467. The van der Waals surface area contributed by atoms with Crippen molar-refractivity contribution in [3.8, 4) is 5.75 Å². The van der Waals surface area contributed by atoms with E-state index in [4.69, 9.17) is 9.47 Å². The van der Waals surface area contributed by atoms with Crippen molar-refractivity contribution >= 4 is 5.91 Å². The lowest BCUT2D eigenvalue weighted by atomic mass is 10.1. The second-order valence-electron chi connectivity index (χ2n) is 4.79. The molecule has 0 radical (unpaired) electrons. The van der Waals surface area contributed by atoms with E-state index in [1.807, 2.05) is 0 Å². The molecule has 1 unspecified atom stereocenters. The SMILES string of the molecule is O=C(COc1ccc(C(F)(F)F)cc1)NC1CCCOC1. The molecule has 1 fully saturated rings. The van der Waals surface area contributed by atoms with Crippen LogP contribution >= 0.6 is 0 Å². The molecule has 1 aliphatic rings. The number of alkyl halides is 3. The molecule has 1 aromatic carbocycles. The summed E-state index contributed by atoms with van der Waals surface area (Å²) in [4.78, 5) is 11.6. The minimum Gasteiger partial charge on any atom is -0.484 e. The van der Waals surface area contributed by atoms with Gasteiger partial charge >= 0.3 is 6.18 Å². The molecule has 1 atom stereocenters. The van der Waals surface area contributed by atoms with Crippen LogP contribution in [0.5, 0.6) is 5.75 Å². The third-order valence-corrected chi connectivity index (χ3v) is 3.08. The predicted octanol–water partition coefficient (Wildman–Crippen LogP) is 2.38. The zero-order chi connectivity index (χ0) is 15.3. The number of hydrogen-bond donors (Lipinski definition) is 1. The molecule has 0 aromatic heterocycles. The molecule has 4 nitrogen and oxygen atoms in total.